The molecule has 21 heavy (non-hydrogen) atoms. The number of nitrogens with zero attached hydrogens (tertiary/aromatic N) is 1. The van der Waals surface area contributed by atoms with Gasteiger partial charge in [-0.2, -0.15) is 0 Å². The van der Waals surface area contributed by atoms with Crippen molar-refractivity contribution in [3.8, 4) is 0 Å². The minimum absolute atomic E-state index is 0.158. The van der Waals surface area contributed by atoms with E-state index in [2.05, 4.69) is 46.8 Å². The van der Waals surface area contributed by atoms with Gasteiger partial charge in [0.25, 0.3) is 0 Å². The van der Waals surface area contributed by atoms with E-state index in [1.165, 1.54) is 11.1 Å². The Kier molecular flexibility index (Phi) is 4.44. The molecule has 1 fully saturated rings. The third-order valence-corrected chi connectivity index (χ3v) is 4.66. The summed E-state index contributed by atoms with van der Waals surface area (Å²) in [5.41, 5.74) is 2.99. The van der Waals surface area contributed by atoms with Crippen molar-refractivity contribution >= 4 is 5.96 Å². The van der Waals surface area contributed by atoms with Gasteiger partial charge < -0.3 is 15.4 Å². The molecule has 0 aromatic heterocycles. The number of aliphatic imine (C=N–C) groups is 1. The van der Waals surface area contributed by atoms with Crippen molar-refractivity contribution in [1.82, 2.24) is 10.6 Å². The van der Waals surface area contributed by atoms with Crippen LogP contribution in [0.4, 0.5) is 0 Å². The fourth-order valence-corrected chi connectivity index (χ4v) is 3.38. The van der Waals surface area contributed by atoms with Gasteiger partial charge in [0.2, 0.25) is 0 Å². The molecule has 1 aromatic carbocycles. The summed E-state index contributed by atoms with van der Waals surface area (Å²) in [4.78, 5) is 4.52. The quantitative estimate of drug-likeness (QED) is 0.893. The summed E-state index contributed by atoms with van der Waals surface area (Å²) in [5.74, 6) is 0.959. The lowest BCUT2D eigenvalue weighted by molar-refractivity contribution is 0.0511. The maximum atomic E-state index is 5.60. The fraction of sp³-hybridized carbons (Fsp3) is 0.588. The minimum Gasteiger partial charge on any atom is -0.381 e. The summed E-state index contributed by atoms with van der Waals surface area (Å²) in [6, 6.07) is 8.75. The van der Waals surface area contributed by atoms with Gasteiger partial charge in [0, 0.05) is 38.3 Å². The Hall–Kier alpha value is -1.55. The molecular weight excluding hydrogens is 262 g/mol. The van der Waals surface area contributed by atoms with Crippen molar-refractivity contribution < 1.29 is 4.74 Å². The van der Waals surface area contributed by atoms with Gasteiger partial charge in [-0.3, -0.25) is 4.99 Å². The summed E-state index contributed by atoms with van der Waals surface area (Å²) >= 11 is 0. The zero-order valence-electron chi connectivity index (χ0n) is 12.8. The third kappa shape index (κ3) is 3.21. The predicted octanol–water partition coefficient (Wildman–Crippen LogP) is 1.98. The molecule has 2 aliphatic heterocycles. The third-order valence-electron chi connectivity index (χ3n) is 4.66. The van der Waals surface area contributed by atoms with E-state index < -0.39 is 0 Å². The normalized spacial score (nSPS) is 21.3. The van der Waals surface area contributed by atoms with Crippen LogP contribution >= 0.6 is 0 Å². The number of ether oxygens (including phenoxy) is 1. The van der Waals surface area contributed by atoms with Crippen LogP contribution in [-0.4, -0.2) is 38.8 Å². The van der Waals surface area contributed by atoms with Crippen LogP contribution in [0.2, 0.25) is 0 Å². The van der Waals surface area contributed by atoms with Crippen LogP contribution < -0.4 is 10.6 Å². The molecule has 1 saturated heterocycles. The van der Waals surface area contributed by atoms with Gasteiger partial charge in [-0.1, -0.05) is 24.3 Å². The van der Waals surface area contributed by atoms with Gasteiger partial charge in [0.1, 0.15) is 0 Å². The lowest BCUT2D eigenvalue weighted by Crippen LogP contribution is -2.49. The highest BCUT2D eigenvalue weighted by Crippen LogP contribution is 2.36. The van der Waals surface area contributed by atoms with Crippen molar-refractivity contribution in [2.24, 2.45) is 4.99 Å². The summed E-state index contributed by atoms with van der Waals surface area (Å²) in [5, 5.41) is 6.89. The summed E-state index contributed by atoms with van der Waals surface area (Å²) in [6.07, 6.45) is 3.26. The lowest BCUT2D eigenvalue weighted by Gasteiger charge is -2.39. The standard InChI is InChI=1S/C17H25N3O/c1-14-5-2-3-6-15(14)17(7-11-21-12-8-17)13-20-16-18-9-4-10-19-16/h2-3,5-6H,4,7-13H2,1H3,(H2,18,19,20). The molecule has 1 aromatic rings. The number of nitrogens with one attached hydrogen (secondary N) is 2. The van der Waals surface area contributed by atoms with E-state index >= 15 is 0 Å². The topological polar surface area (TPSA) is 45.7 Å². The second-order valence-corrected chi connectivity index (χ2v) is 6.07. The molecule has 0 bridgehead atoms. The van der Waals surface area contributed by atoms with Crippen molar-refractivity contribution in [2.45, 2.75) is 31.6 Å². The monoisotopic (exact) mass is 287 g/mol. The average molecular weight is 287 g/mol. The lowest BCUT2D eigenvalue weighted by atomic mass is 9.72. The number of rotatable bonds is 3. The number of aryl methyl sites for hydroxylation is 1. The van der Waals surface area contributed by atoms with Crippen LogP contribution in [-0.2, 0) is 10.2 Å². The molecule has 2 N–H and O–H groups in total. The van der Waals surface area contributed by atoms with Gasteiger partial charge in [0.05, 0.1) is 0 Å². The Balaban J connectivity index is 1.80. The molecule has 3 rings (SSSR count). The van der Waals surface area contributed by atoms with Crippen molar-refractivity contribution in [3.63, 3.8) is 0 Å². The molecule has 2 aliphatic rings. The van der Waals surface area contributed by atoms with Crippen molar-refractivity contribution in [1.29, 1.82) is 0 Å². The Bertz CT molecular complexity index is 507. The zero-order valence-corrected chi connectivity index (χ0v) is 12.8. The SMILES string of the molecule is Cc1ccccc1C1(CNC2=NCCCN2)CCOCC1. The molecule has 2 heterocycles. The fourth-order valence-electron chi connectivity index (χ4n) is 3.38. The summed E-state index contributed by atoms with van der Waals surface area (Å²) in [6.45, 7) is 6.77. The van der Waals surface area contributed by atoms with Crippen LogP contribution in [0.1, 0.15) is 30.4 Å². The number of hydrogen-bond donors (Lipinski definition) is 2. The van der Waals surface area contributed by atoms with E-state index in [0.29, 0.717) is 0 Å². The van der Waals surface area contributed by atoms with Gasteiger partial charge in [-0.05, 0) is 37.3 Å². The molecule has 4 nitrogen and oxygen atoms in total. The van der Waals surface area contributed by atoms with E-state index in [1.807, 2.05) is 0 Å². The van der Waals surface area contributed by atoms with E-state index in [4.69, 9.17) is 4.74 Å². The highest BCUT2D eigenvalue weighted by Gasteiger charge is 2.35. The Labute approximate surface area is 127 Å². The molecule has 4 heteroatoms. The molecule has 114 valence electrons. The molecule has 0 amide bonds. The summed E-state index contributed by atoms with van der Waals surface area (Å²) in [7, 11) is 0. The largest absolute Gasteiger partial charge is 0.381 e. The Morgan fingerprint density at radius 1 is 1.29 bits per heavy atom. The number of hydrogen-bond acceptors (Lipinski definition) is 4. The number of guanidine groups is 1. The highest BCUT2D eigenvalue weighted by atomic mass is 16.5. The molecule has 0 saturated carbocycles. The van der Waals surface area contributed by atoms with Gasteiger partial charge in [-0.25, -0.2) is 0 Å². The first kappa shape index (κ1) is 14.4. The minimum atomic E-state index is 0.158. The van der Waals surface area contributed by atoms with Crippen LogP contribution in [0.25, 0.3) is 0 Å². The second-order valence-electron chi connectivity index (χ2n) is 6.07. The van der Waals surface area contributed by atoms with E-state index in [0.717, 1.165) is 58.1 Å². The van der Waals surface area contributed by atoms with Gasteiger partial charge in [0.15, 0.2) is 5.96 Å². The molecule has 0 unspecified atom stereocenters. The predicted molar refractivity (Wildman–Crippen MR) is 85.8 cm³/mol. The molecule has 0 spiro atoms. The molecular formula is C17H25N3O. The van der Waals surface area contributed by atoms with E-state index in [-0.39, 0.29) is 5.41 Å². The molecule has 0 radical (unpaired) electrons. The summed E-state index contributed by atoms with van der Waals surface area (Å²) < 4.78 is 5.60. The van der Waals surface area contributed by atoms with Gasteiger partial charge in [-0.15, -0.1) is 0 Å². The Morgan fingerprint density at radius 3 is 2.81 bits per heavy atom. The first-order valence-electron chi connectivity index (χ1n) is 7.96. The molecule has 0 atom stereocenters. The van der Waals surface area contributed by atoms with E-state index in [9.17, 15) is 0 Å². The zero-order chi connectivity index (χ0) is 14.5. The van der Waals surface area contributed by atoms with Gasteiger partial charge >= 0.3 is 0 Å². The Morgan fingerprint density at radius 2 is 2.10 bits per heavy atom. The van der Waals surface area contributed by atoms with E-state index in [1.54, 1.807) is 0 Å². The van der Waals surface area contributed by atoms with Crippen molar-refractivity contribution in [2.75, 3.05) is 32.8 Å². The first-order chi connectivity index (χ1) is 10.3. The van der Waals surface area contributed by atoms with Crippen molar-refractivity contribution in [3.05, 3.63) is 35.4 Å². The highest BCUT2D eigenvalue weighted by molar-refractivity contribution is 5.80. The second kappa shape index (κ2) is 6.48. The maximum absolute atomic E-state index is 5.60. The van der Waals surface area contributed by atoms with Crippen LogP contribution in [0.3, 0.4) is 0 Å². The van der Waals surface area contributed by atoms with Crippen LogP contribution in [0.5, 0.6) is 0 Å². The number of benzene rings is 1. The molecule has 0 aliphatic carbocycles. The van der Waals surface area contributed by atoms with Crippen LogP contribution in [0.15, 0.2) is 29.3 Å². The van der Waals surface area contributed by atoms with Crippen LogP contribution in [0, 0.1) is 6.92 Å². The maximum Gasteiger partial charge on any atom is 0.191 e. The first-order valence-corrected chi connectivity index (χ1v) is 7.96. The average Bonchev–Trinajstić information content (AvgIpc) is 2.55. The smallest absolute Gasteiger partial charge is 0.191 e.